The molecule has 1 aromatic carbocycles. The van der Waals surface area contributed by atoms with Crippen LogP contribution < -0.4 is 10.5 Å². The number of aliphatic hydroxyl groups is 2. The first-order chi connectivity index (χ1) is 7.17. The second-order valence-electron chi connectivity index (χ2n) is 3.41. The first-order valence-corrected chi connectivity index (χ1v) is 4.87. The predicted molar refractivity (Wildman–Crippen MR) is 57.6 cm³/mol. The van der Waals surface area contributed by atoms with Crippen molar-refractivity contribution in [2.45, 2.75) is 18.6 Å². The van der Waals surface area contributed by atoms with Crippen LogP contribution >= 0.6 is 0 Å². The lowest BCUT2D eigenvalue weighted by atomic mass is 10.0. The van der Waals surface area contributed by atoms with E-state index in [1.165, 1.54) is 0 Å². The Kier molecular flexibility index (Phi) is 4.55. The number of nitrogens with two attached hydrogens (primary N) is 1. The average Bonchev–Trinajstić information content (AvgIpc) is 2.29. The SMILES string of the molecule is COc1ccc(C(O)CC(O)CN)cc1. The van der Waals surface area contributed by atoms with Gasteiger partial charge in [0.2, 0.25) is 0 Å². The van der Waals surface area contributed by atoms with Gasteiger partial charge in [-0.05, 0) is 17.7 Å². The van der Waals surface area contributed by atoms with Gasteiger partial charge in [0.25, 0.3) is 0 Å². The van der Waals surface area contributed by atoms with E-state index in [1.807, 2.05) is 0 Å². The van der Waals surface area contributed by atoms with E-state index in [0.717, 1.165) is 11.3 Å². The van der Waals surface area contributed by atoms with Gasteiger partial charge in [0.1, 0.15) is 5.75 Å². The zero-order valence-electron chi connectivity index (χ0n) is 8.76. The van der Waals surface area contributed by atoms with Crippen molar-refractivity contribution < 1.29 is 14.9 Å². The Bertz CT molecular complexity index is 286. The maximum absolute atomic E-state index is 9.73. The van der Waals surface area contributed by atoms with Gasteiger partial charge in [-0.2, -0.15) is 0 Å². The molecule has 0 saturated carbocycles. The maximum Gasteiger partial charge on any atom is 0.118 e. The van der Waals surface area contributed by atoms with Crippen molar-refractivity contribution in [3.63, 3.8) is 0 Å². The predicted octanol–water partition coefficient (Wildman–Crippen LogP) is 0.438. The highest BCUT2D eigenvalue weighted by Crippen LogP contribution is 2.20. The van der Waals surface area contributed by atoms with E-state index >= 15 is 0 Å². The van der Waals surface area contributed by atoms with E-state index < -0.39 is 12.2 Å². The zero-order valence-corrected chi connectivity index (χ0v) is 8.76. The summed E-state index contributed by atoms with van der Waals surface area (Å²) in [6.07, 6.45) is -1.10. The zero-order chi connectivity index (χ0) is 11.3. The molecule has 0 aliphatic rings. The lowest BCUT2D eigenvalue weighted by Gasteiger charge is -2.14. The summed E-state index contributed by atoms with van der Waals surface area (Å²) in [4.78, 5) is 0. The molecule has 15 heavy (non-hydrogen) atoms. The van der Waals surface area contributed by atoms with E-state index in [9.17, 15) is 10.2 Å². The summed E-state index contributed by atoms with van der Waals surface area (Å²) in [5.74, 6) is 0.741. The summed E-state index contributed by atoms with van der Waals surface area (Å²) < 4.78 is 5.00. The fourth-order valence-corrected chi connectivity index (χ4v) is 1.32. The molecule has 0 aliphatic carbocycles. The van der Waals surface area contributed by atoms with Crippen LogP contribution in [0.2, 0.25) is 0 Å². The van der Waals surface area contributed by atoms with Crippen molar-refractivity contribution in [2.75, 3.05) is 13.7 Å². The first kappa shape index (κ1) is 12.0. The Hall–Kier alpha value is -1.10. The van der Waals surface area contributed by atoms with Crippen molar-refractivity contribution in [2.24, 2.45) is 5.73 Å². The normalized spacial score (nSPS) is 14.7. The Labute approximate surface area is 89.3 Å². The third-order valence-electron chi connectivity index (χ3n) is 2.27. The van der Waals surface area contributed by atoms with Crippen LogP contribution in [-0.4, -0.2) is 30.0 Å². The molecular weight excluding hydrogens is 194 g/mol. The van der Waals surface area contributed by atoms with E-state index in [-0.39, 0.29) is 13.0 Å². The smallest absolute Gasteiger partial charge is 0.118 e. The fraction of sp³-hybridized carbons (Fsp3) is 0.455. The molecule has 0 saturated heterocycles. The van der Waals surface area contributed by atoms with Gasteiger partial charge in [0.15, 0.2) is 0 Å². The van der Waals surface area contributed by atoms with E-state index in [2.05, 4.69) is 0 Å². The van der Waals surface area contributed by atoms with Gasteiger partial charge >= 0.3 is 0 Å². The van der Waals surface area contributed by atoms with Crippen molar-refractivity contribution in [3.05, 3.63) is 29.8 Å². The number of methoxy groups -OCH3 is 1. The summed E-state index contributed by atoms with van der Waals surface area (Å²) in [6, 6.07) is 7.08. The molecule has 2 atom stereocenters. The lowest BCUT2D eigenvalue weighted by molar-refractivity contribution is 0.0851. The Morgan fingerprint density at radius 1 is 1.27 bits per heavy atom. The highest BCUT2D eigenvalue weighted by atomic mass is 16.5. The van der Waals surface area contributed by atoms with Crippen LogP contribution in [0.15, 0.2) is 24.3 Å². The van der Waals surface area contributed by atoms with Gasteiger partial charge in [-0.1, -0.05) is 12.1 Å². The molecule has 1 rings (SSSR count). The van der Waals surface area contributed by atoms with Gasteiger partial charge in [-0.15, -0.1) is 0 Å². The van der Waals surface area contributed by atoms with Gasteiger partial charge in [0.05, 0.1) is 19.3 Å². The van der Waals surface area contributed by atoms with E-state index in [4.69, 9.17) is 10.5 Å². The number of ether oxygens (including phenoxy) is 1. The largest absolute Gasteiger partial charge is 0.497 e. The molecule has 0 aliphatic heterocycles. The molecule has 0 spiro atoms. The molecule has 4 nitrogen and oxygen atoms in total. The van der Waals surface area contributed by atoms with Crippen molar-refractivity contribution >= 4 is 0 Å². The van der Waals surface area contributed by atoms with Crippen LogP contribution in [0, 0.1) is 0 Å². The second-order valence-corrected chi connectivity index (χ2v) is 3.41. The molecule has 4 heteroatoms. The van der Waals surface area contributed by atoms with Crippen molar-refractivity contribution in [1.29, 1.82) is 0 Å². The van der Waals surface area contributed by atoms with Crippen molar-refractivity contribution in [3.8, 4) is 5.75 Å². The lowest BCUT2D eigenvalue weighted by Crippen LogP contribution is -2.22. The minimum atomic E-state index is -0.686. The van der Waals surface area contributed by atoms with Gasteiger partial charge in [-0.25, -0.2) is 0 Å². The highest BCUT2D eigenvalue weighted by molar-refractivity contribution is 5.28. The minimum absolute atomic E-state index is 0.160. The van der Waals surface area contributed by atoms with E-state index in [1.54, 1.807) is 31.4 Å². The summed E-state index contributed by atoms with van der Waals surface area (Å²) in [5, 5.41) is 19.0. The summed E-state index contributed by atoms with van der Waals surface area (Å²) in [5.41, 5.74) is 6.02. The summed E-state index contributed by atoms with van der Waals surface area (Å²) in [7, 11) is 1.59. The third-order valence-corrected chi connectivity index (χ3v) is 2.27. The van der Waals surface area contributed by atoms with Gasteiger partial charge in [0, 0.05) is 13.0 Å². The fourth-order valence-electron chi connectivity index (χ4n) is 1.32. The molecule has 0 amide bonds. The molecule has 2 unspecified atom stereocenters. The van der Waals surface area contributed by atoms with Gasteiger partial charge in [-0.3, -0.25) is 0 Å². The Morgan fingerprint density at radius 2 is 1.87 bits per heavy atom. The standard InChI is InChI=1S/C11H17NO3/c1-15-10-4-2-8(3-5-10)11(14)6-9(13)7-12/h2-5,9,11,13-14H,6-7,12H2,1H3. The topological polar surface area (TPSA) is 75.7 Å². The summed E-state index contributed by atoms with van der Waals surface area (Å²) >= 11 is 0. The molecule has 0 fully saturated rings. The van der Waals surface area contributed by atoms with Crippen LogP contribution in [0.5, 0.6) is 5.75 Å². The monoisotopic (exact) mass is 211 g/mol. The number of benzene rings is 1. The molecule has 0 heterocycles. The van der Waals surface area contributed by atoms with Crippen LogP contribution in [-0.2, 0) is 0 Å². The highest BCUT2D eigenvalue weighted by Gasteiger charge is 2.12. The number of hydrogen-bond donors (Lipinski definition) is 3. The first-order valence-electron chi connectivity index (χ1n) is 4.87. The summed E-state index contributed by atoms with van der Waals surface area (Å²) in [6.45, 7) is 0.160. The molecule has 0 bridgehead atoms. The second kappa shape index (κ2) is 5.70. The molecule has 0 aromatic heterocycles. The Morgan fingerprint density at radius 3 is 2.33 bits per heavy atom. The van der Waals surface area contributed by atoms with Crippen LogP contribution in [0.25, 0.3) is 0 Å². The van der Waals surface area contributed by atoms with E-state index in [0.29, 0.717) is 0 Å². The molecule has 1 aromatic rings. The minimum Gasteiger partial charge on any atom is -0.497 e. The number of aliphatic hydroxyl groups excluding tert-OH is 2. The molecule has 4 N–H and O–H groups in total. The van der Waals surface area contributed by atoms with Crippen LogP contribution in [0.1, 0.15) is 18.1 Å². The van der Waals surface area contributed by atoms with Crippen LogP contribution in [0.4, 0.5) is 0 Å². The quantitative estimate of drug-likeness (QED) is 0.660. The molecule has 84 valence electrons. The van der Waals surface area contributed by atoms with Gasteiger partial charge < -0.3 is 20.7 Å². The van der Waals surface area contributed by atoms with Crippen molar-refractivity contribution in [1.82, 2.24) is 0 Å². The number of hydrogen-bond acceptors (Lipinski definition) is 4. The molecular formula is C11H17NO3. The number of rotatable bonds is 5. The third kappa shape index (κ3) is 3.51. The molecule has 0 radical (unpaired) electrons. The maximum atomic E-state index is 9.73. The van der Waals surface area contributed by atoms with Crippen LogP contribution in [0.3, 0.4) is 0 Å². The average molecular weight is 211 g/mol. The Balaban J connectivity index is 2.61.